The van der Waals surface area contributed by atoms with Crippen LogP contribution in [0.4, 0.5) is 0 Å². The van der Waals surface area contributed by atoms with Crippen molar-refractivity contribution in [3.8, 4) is 0 Å². The summed E-state index contributed by atoms with van der Waals surface area (Å²) < 4.78 is 23.8. The molecule has 1 aliphatic carbocycles. The number of rotatable bonds is 2. The van der Waals surface area contributed by atoms with Gasteiger partial charge in [0, 0.05) is 6.04 Å². The summed E-state index contributed by atoms with van der Waals surface area (Å²) in [7, 11) is -3.22. The average Bonchev–Trinajstić information content (AvgIpc) is 2.34. The van der Waals surface area contributed by atoms with Crippen molar-refractivity contribution in [2.45, 2.75) is 31.7 Å². The lowest BCUT2D eigenvalue weighted by molar-refractivity contribution is 0.593. The minimum absolute atomic E-state index is 0.217. The van der Waals surface area contributed by atoms with Crippen LogP contribution in [0.3, 0.4) is 0 Å². The van der Waals surface area contributed by atoms with Gasteiger partial charge in [0.05, 0.1) is 6.26 Å². The summed E-state index contributed by atoms with van der Waals surface area (Å²) in [6, 6.07) is 0.349. The second-order valence-corrected chi connectivity index (χ2v) is 5.49. The molecule has 0 amide bonds. The molecule has 0 unspecified atom stereocenters. The summed E-state index contributed by atoms with van der Waals surface area (Å²) in [4.78, 5) is 0. The fourth-order valence-electron chi connectivity index (χ4n) is 1.45. The molecule has 0 heterocycles. The van der Waals surface area contributed by atoms with Crippen LogP contribution in [0.2, 0.25) is 0 Å². The van der Waals surface area contributed by atoms with Gasteiger partial charge in [-0.05, 0) is 25.1 Å². The van der Waals surface area contributed by atoms with Gasteiger partial charge < -0.3 is 5.32 Å². The summed E-state index contributed by atoms with van der Waals surface area (Å²) in [6.07, 6.45) is 5.63. The van der Waals surface area contributed by atoms with Crippen LogP contribution in [0.1, 0.15) is 25.7 Å². The first kappa shape index (κ1) is 10.7. The summed E-state index contributed by atoms with van der Waals surface area (Å²) in [6.45, 7) is 0. The van der Waals surface area contributed by atoms with Crippen LogP contribution >= 0.6 is 12.2 Å². The van der Waals surface area contributed by atoms with Gasteiger partial charge >= 0.3 is 0 Å². The van der Waals surface area contributed by atoms with Crippen molar-refractivity contribution in [3.05, 3.63) is 0 Å². The molecule has 1 saturated carbocycles. The van der Waals surface area contributed by atoms with Crippen LogP contribution in [0.25, 0.3) is 0 Å². The highest BCUT2D eigenvalue weighted by molar-refractivity contribution is 7.91. The van der Waals surface area contributed by atoms with E-state index in [2.05, 4.69) is 10.0 Å². The Hall–Kier alpha value is -0.360. The maximum absolute atomic E-state index is 10.8. The standard InChI is InChI=1S/C7H14N2O2S2/c1-13(10,11)9-7(12)8-6-4-2-3-5-6/h6H,2-5H2,1H3,(H2,8,9,12). The molecule has 0 radical (unpaired) electrons. The van der Waals surface area contributed by atoms with Gasteiger partial charge in [0.25, 0.3) is 0 Å². The third-order valence-electron chi connectivity index (χ3n) is 1.97. The average molecular weight is 222 g/mol. The van der Waals surface area contributed by atoms with E-state index in [0.717, 1.165) is 19.1 Å². The van der Waals surface area contributed by atoms with Crippen LogP contribution in [0.5, 0.6) is 0 Å². The van der Waals surface area contributed by atoms with Crippen LogP contribution in [0, 0.1) is 0 Å². The number of sulfonamides is 1. The third kappa shape index (κ3) is 4.42. The molecule has 4 nitrogen and oxygen atoms in total. The van der Waals surface area contributed by atoms with E-state index >= 15 is 0 Å². The Bertz CT molecular complexity index is 281. The topological polar surface area (TPSA) is 58.2 Å². The number of thiocarbonyl (C=S) groups is 1. The van der Waals surface area contributed by atoms with Gasteiger partial charge in [-0.3, -0.25) is 4.72 Å². The van der Waals surface area contributed by atoms with Gasteiger partial charge in [-0.15, -0.1) is 0 Å². The molecule has 1 rings (SSSR count). The smallest absolute Gasteiger partial charge is 0.231 e. The molecular weight excluding hydrogens is 208 g/mol. The zero-order valence-corrected chi connectivity index (χ0v) is 9.17. The van der Waals surface area contributed by atoms with Crippen LogP contribution < -0.4 is 10.0 Å². The minimum Gasteiger partial charge on any atom is -0.359 e. The van der Waals surface area contributed by atoms with E-state index < -0.39 is 10.0 Å². The highest BCUT2D eigenvalue weighted by atomic mass is 32.2. The fourth-order valence-corrected chi connectivity index (χ4v) is 2.47. The SMILES string of the molecule is CS(=O)(=O)NC(=S)NC1CCCC1. The first-order valence-corrected chi connectivity index (χ1v) is 6.55. The Morgan fingerprint density at radius 1 is 1.38 bits per heavy atom. The summed E-state index contributed by atoms with van der Waals surface area (Å²) >= 11 is 4.84. The van der Waals surface area contributed by atoms with E-state index in [1.54, 1.807) is 0 Å². The molecule has 0 atom stereocenters. The van der Waals surface area contributed by atoms with Crippen LogP contribution in [-0.2, 0) is 10.0 Å². The van der Waals surface area contributed by atoms with Crippen molar-refractivity contribution in [1.82, 2.24) is 10.0 Å². The molecule has 2 N–H and O–H groups in total. The monoisotopic (exact) mass is 222 g/mol. The maximum atomic E-state index is 10.8. The Morgan fingerprint density at radius 3 is 2.38 bits per heavy atom. The predicted molar refractivity (Wildman–Crippen MR) is 56.0 cm³/mol. The van der Waals surface area contributed by atoms with Gasteiger partial charge in [0.15, 0.2) is 5.11 Å². The Kier molecular flexibility index (Phi) is 3.49. The van der Waals surface area contributed by atoms with Gasteiger partial charge in [0.2, 0.25) is 10.0 Å². The molecule has 0 bridgehead atoms. The zero-order chi connectivity index (χ0) is 9.90. The molecule has 1 aliphatic rings. The molecule has 76 valence electrons. The van der Waals surface area contributed by atoms with Gasteiger partial charge in [-0.1, -0.05) is 12.8 Å². The van der Waals surface area contributed by atoms with E-state index in [4.69, 9.17) is 12.2 Å². The molecule has 0 aromatic heterocycles. The number of hydrogen-bond donors (Lipinski definition) is 2. The predicted octanol–water partition coefficient (Wildman–Crippen LogP) is 0.353. The second-order valence-electron chi connectivity index (χ2n) is 3.33. The summed E-state index contributed by atoms with van der Waals surface area (Å²) in [5, 5.41) is 3.19. The zero-order valence-electron chi connectivity index (χ0n) is 7.54. The van der Waals surface area contributed by atoms with Crippen molar-refractivity contribution in [1.29, 1.82) is 0 Å². The second kappa shape index (κ2) is 4.23. The van der Waals surface area contributed by atoms with E-state index in [1.165, 1.54) is 12.8 Å². The Balaban J connectivity index is 2.33. The molecule has 0 aromatic rings. The molecule has 13 heavy (non-hydrogen) atoms. The van der Waals surface area contributed by atoms with Gasteiger partial charge in [0.1, 0.15) is 0 Å². The number of nitrogens with one attached hydrogen (secondary N) is 2. The molecule has 0 aliphatic heterocycles. The van der Waals surface area contributed by atoms with E-state index in [1.807, 2.05) is 0 Å². The largest absolute Gasteiger partial charge is 0.359 e. The lowest BCUT2D eigenvalue weighted by Crippen LogP contribution is -2.42. The van der Waals surface area contributed by atoms with Crippen LogP contribution in [0.15, 0.2) is 0 Å². The molecule has 0 spiro atoms. The Labute approximate surface area is 84.1 Å². The van der Waals surface area contributed by atoms with E-state index in [9.17, 15) is 8.42 Å². The minimum atomic E-state index is -3.22. The lowest BCUT2D eigenvalue weighted by atomic mass is 10.3. The van der Waals surface area contributed by atoms with Crippen molar-refractivity contribution < 1.29 is 8.42 Å². The fraction of sp³-hybridized carbons (Fsp3) is 0.857. The Morgan fingerprint density at radius 2 is 1.92 bits per heavy atom. The van der Waals surface area contributed by atoms with Crippen molar-refractivity contribution in [3.63, 3.8) is 0 Å². The van der Waals surface area contributed by atoms with Gasteiger partial charge in [-0.2, -0.15) is 0 Å². The van der Waals surface area contributed by atoms with E-state index in [0.29, 0.717) is 6.04 Å². The first-order chi connectivity index (χ1) is 5.97. The quantitative estimate of drug-likeness (QED) is 0.662. The number of hydrogen-bond acceptors (Lipinski definition) is 3. The third-order valence-corrected chi connectivity index (χ3v) is 2.89. The highest BCUT2D eigenvalue weighted by Gasteiger charge is 2.16. The van der Waals surface area contributed by atoms with Crippen molar-refractivity contribution in [2.24, 2.45) is 0 Å². The van der Waals surface area contributed by atoms with Crippen molar-refractivity contribution >= 4 is 27.4 Å². The summed E-state index contributed by atoms with van der Waals surface area (Å²) in [5.41, 5.74) is 0. The first-order valence-electron chi connectivity index (χ1n) is 4.26. The molecule has 6 heteroatoms. The molecular formula is C7H14N2O2S2. The van der Waals surface area contributed by atoms with Crippen molar-refractivity contribution in [2.75, 3.05) is 6.26 Å². The van der Waals surface area contributed by atoms with E-state index in [-0.39, 0.29) is 5.11 Å². The lowest BCUT2D eigenvalue weighted by Gasteiger charge is -2.14. The molecule has 0 aromatic carbocycles. The van der Waals surface area contributed by atoms with Crippen LogP contribution in [-0.4, -0.2) is 25.8 Å². The summed E-state index contributed by atoms with van der Waals surface area (Å²) in [5.74, 6) is 0. The highest BCUT2D eigenvalue weighted by Crippen LogP contribution is 2.17. The molecule has 1 fully saturated rings. The normalized spacial score (nSPS) is 18.5. The maximum Gasteiger partial charge on any atom is 0.231 e. The van der Waals surface area contributed by atoms with Gasteiger partial charge in [-0.25, -0.2) is 8.42 Å². The molecule has 0 saturated heterocycles.